The summed E-state index contributed by atoms with van der Waals surface area (Å²) in [7, 11) is 0. The Hall–Kier alpha value is -1.42. The molecule has 1 aromatic rings. The summed E-state index contributed by atoms with van der Waals surface area (Å²) in [5.74, 6) is 0.791. The van der Waals surface area contributed by atoms with Crippen LogP contribution >= 0.6 is 0 Å². The first-order valence-corrected chi connectivity index (χ1v) is 7.16. The van der Waals surface area contributed by atoms with Gasteiger partial charge in [-0.25, -0.2) is 0 Å². The van der Waals surface area contributed by atoms with Gasteiger partial charge in [-0.15, -0.1) is 0 Å². The summed E-state index contributed by atoms with van der Waals surface area (Å²) in [6.45, 7) is 6.55. The number of nitrogens with one attached hydrogen (secondary N) is 1. The van der Waals surface area contributed by atoms with Gasteiger partial charge in [0.1, 0.15) is 0 Å². The monoisotopic (exact) mass is 261 g/mol. The largest absolute Gasteiger partial charge is 0.352 e. The van der Waals surface area contributed by atoms with Crippen molar-refractivity contribution in [1.29, 1.82) is 0 Å². The number of nitrogens with zero attached hydrogens (tertiary/aromatic N) is 2. The Morgan fingerprint density at radius 2 is 2.47 bits per heavy atom. The van der Waals surface area contributed by atoms with Gasteiger partial charge in [-0.1, -0.05) is 6.92 Å². The van der Waals surface area contributed by atoms with Gasteiger partial charge in [-0.05, 0) is 50.4 Å². The molecule has 2 heterocycles. The predicted molar refractivity (Wildman–Crippen MR) is 76.0 cm³/mol. The van der Waals surface area contributed by atoms with Crippen LogP contribution < -0.4 is 5.32 Å². The summed E-state index contributed by atoms with van der Waals surface area (Å²) in [5.41, 5.74) is 0.633. The van der Waals surface area contributed by atoms with Crippen LogP contribution in [0.5, 0.6) is 0 Å². The van der Waals surface area contributed by atoms with Gasteiger partial charge >= 0.3 is 0 Å². The number of hydrogen-bond donors (Lipinski definition) is 1. The smallest absolute Gasteiger partial charge is 0.252 e. The first-order valence-electron chi connectivity index (χ1n) is 7.16. The molecule has 0 spiro atoms. The van der Waals surface area contributed by atoms with Crippen molar-refractivity contribution in [2.75, 3.05) is 26.2 Å². The molecule has 4 heteroatoms. The molecule has 0 saturated carbocycles. The molecular formula is C15H23N3O. The number of hydrogen-bond acceptors (Lipinski definition) is 3. The topological polar surface area (TPSA) is 45.2 Å². The Balaban J connectivity index is 1.63. The second-order valence-electron chi connectivity index (χ2n) is 5.40. The van der Waals surface area contributed by atoms with E-state index < -0.39 is 0 Å². The molecule has 1 saturated heterocycles. The van der Waals surface area contributed by atoms with Crippen molar-refractivity contribution < 1.29 is 4.79 Å². The Morgan fingerprint density at radius 1 is 1.58 bits per heavy atom. The Morgan fingerprint density at radius 3 is 3.21 bits per heavy atom. The maximum absolute atomic E-state index is 11.8. The Kier molecular flexibility index (Phi) is 5.33. The first-order chi connectivity index (χ1) is 9.25. The molecule has 1 amide bonds. The van der Waals surface area contributed by atoms with Gasteiger partial charge in [-0.2, -0.15) is 0 Å². The fourth-order valence-corrected chi connectivity index (χ4v) is 2.59. The third-order valence-corrected chi connectivity index (χ3v) is 3.60. The van der Waals surface area contributed by atoms with Crippen molar-refractivity contribution in [3.63, 3.8) is 0 Å². The second-order valence-corrected chi connectivity index (χ2v) is 5.40. The van der Waals surface area contributed by atoms with E-state index >= 15 is 0 Å². The average molecular weight is 261 g/mol. The van der Waals surface area contributed by atoms with E-state index in [1.54, 1.807) is 24.5 Å². The average Bonchev–Trinajstić information content (AvgIpc) is 2.44. The summed E-state index contributed by atoms with van der Waals surface area (Å²) in [6, 6.07) is 3.57. The number of pyridine rings is 1. The predicted octanol–water partition coefficient (Wildman–Crippen LogP) is 1.93. The number of carbonyl (C=O) groups is 1. The normalized spacial score (nSPS) is 20.2. The summed E-state index contributed by atoms with van der Waals surface area (Å²) in [5, 5.41) is 2.94. The van der Waals surface area contributed by atoms with E-state index in [0.717, 1.165) is 25.4 Å². The lowest BCUT2D eigenvalue weighted by Crippen LogP contribution is -2.36. The summed E-state index contributed by atoms with van der Waals surface area (Å²) >= 11 is 0. The summed E-state index contributed by atoms with van der Waals surface area (Å²) in [4.78, 5) is 18.2. The molecule has 0 unspecified atom stereocenters. The molecule has 1 N–H and O–H groups in total. The SMILES string of the molecule is C[C@@H]1CCCN(CCCNC(=O)c2cccnc2)C1. The minimum Gasteiger partial charge on any atom is -0.352 e. The highest BCUT2D eigenvalue weighted by atomic mass is 16.1. The van der Waals surface area contributed by atoms with E-state index in [1.807, 2.05) is 0 Å². The summed E-state index contributed by atoms with van der Waals surface area (Å²) in [6.07, 6.45) is 6.95. The van der Waals surface area contributed by atoms with E-state index in [0.29, 0.717) is 5.56 Å². The molecule has 2 rings (SSSR count). The molecular weight excluding hydrogens is 238 g/mol. The molecule has 19 heavy (non-hydrogen) atoms. The van der Waals surface area contributed by atoms with Crippen molar-refractivity contribution in [2.24, 2.45) is 5.92 Å². The molecule has 1 aromatic heterocycles. The first kappa shape index (κ1) is 14.0. The van der Waals surface area contributed by atoms with Crippen LogP contribution in [0.1, 0.15) is 36.5 Å². The summed E-state index contributed by atoms with van der Waals surface area (Å²) < 4.78 is 0. The molecule has 0 bridgehead atoms. The van der Waals surface area contributed by atoms with Crippen LogP contribution in [-0.2, 0) is 0 Å². The molecule has 4 nitrogen and oxygen atoms in total. The third kappa shape index (κ3) is 4.63. The number of carbonyl (C=O) groups excluding carboxylic acids is 1. The van der Waals surface area contributed by atoms with Crippen molar-refractivity contribution in [1.82, 2.24) is 15.2 Å². The molecule has 1 atom stereocenters. The third-order valence-electron chi connectivity index (χ3n) is 3.60. The van der Waals surface area contributed by atoms with Gasteiger partial charge in [-0.3, -0.25) is 9.78 Å². The van der Waals surface area contributed by atoms with Crippen LogP contribution in [0.3, 0.4) is 0 Å². The highest BCUT2D eigenvalue weighted by molar-refractivity contribution is 5.93. The van der Waals surface area contributed by atoms with Crippen molar-refractivity contribution in [3.8, 4) is 0 Å². The number of likely N-dealkylation sites (tertiary alicyclic amines) is 1. The lowest BCUT2D eigenvalue weighted by molar-refractivity contribution is 0.0949. The quantitative estimate of drug-likeness (QED) is 0.824. The molecule has 0 aromatic carbocycles. The van der Waals surface area contributed by atoms with Crippen molar-refractivity contribution in [3.05, 3.63) is 30.1 Å². The van der Waals surface area contributed by atoms with Gasteiger partial charge in [0.25, 0.3) is 5.91 Å². The van der Waals surface area contributed by atoms with Crippen LogP contribution in [0.25, 0.3) is 0 Å². The number of piperidine rings is 1. The van der Waals surface area contributed by atoms with Gasteiger partial charge in [0, 0.05) is 25.5 Å². The Labute approximate surface area is 115 Å². The number of rotatable bonds is 5. The van der Waals surface area contributed by atoms with E-state index in [2.05, 4.69) is 22.1 Å². The van der Waals surface area contributed by atoms with Crippen molar-refractivity contribution in [2.45, 2.75) is 26.2 Å². The zero-order valence-corrected chi connectivity index (χ0v) is 11.6. The molecule has 1 aliphatic heterocycles. The lowest BCUT2D eigenvalue weighted by Gasteiger charge is -2.30. The molecule has 1 aliphatic rings. The van der Waals surface area contributed by atoms with Crippen LogP contribution in [0.4, 0.5) is 0 Å². The van der Waals surface area contributed by atoms with Gasteiger partial charge in [0.15, 0.2) is 0 Å². The maximum atomic E-state index is 11.8. The van der Waals surface area contributed by atoms with E-state index in [1.165, 1.54) is 25.9 Å². The zero-order valence-electron chi connectivity index (χ0n) is 11.6. The van der Waals surface area contributed by atoms with Crippen LogP contribution in [0, 0.1) is 5.92 Å². The van der Waals surface area contributed by atoms with Crippen LogP contribution in [0.2, 0.25) is 0 Å². The Bertz CT molecular complexity index is 394. The van der Waals surface area contributed by atoms with Gasteiger partial charge < -0.3 is 10.2 Å². The fraction of sp³-hybridized carbons (Fsp3) is 0.600. The molecule has 0 aliphatic carbocycles. The van der Waals surface area contributed by atoms with E-state index in [4.69, 9.17) is 0 Å². The molecule has 1 fully saturated rings. The number of amides is 1. The zero-order chi connectivity index (χ0) is 13.5. The molecule has 0 radical (unpaired) electrons. The number of aromatic nitrogens is 1. The molecule has 104 valence electrons. The fourth-order valence-electron chi connectivity index (χ4n) is 2.59. The highest BCUT2D eigenvalue weighted by Crippen LogP contribution is 2.15. The van der Waals surface area contributed by atoms with Crippen LogP contribution in [0.15, 0.2) is 24.5 Å². The highest BCUT2D eigenvalue weighted by Gasteiger charge is 2.15. The maximum Gasteiger partial charge on any atom is 0.252 e. The van der Waals surface area contributed by atoms with E-state index in [-0.39, 0.29) is 5.91 Å². The minimum absolute atomic E-state index is 0.0277. The van der Waals surface area contributed by atoms with Crippen molar-refractivity contribution >= 4 is 5.91 Å². The van der Waals surface area contributed by atoms with E-state index in [9.17, 15) is 4.79 Å². The second kappa shape index (κ2) is 7.24. The minimum atomic E-state index is -0.0277. The lowest BCUT2D eigenvalue weighted by atomic mass is 10.0. The van der Waals surface area contributed by atoms with Gasteiger partial charge in [0.05, 0.1) is 5.56 Å². The van der Waals surface area contributed by atoms with Crippen LogP contribution in [-0.4, -0.2) is 42.0 Å². The standard InChI is InChI=1S/C15H23N3O/c1-13-5-3-9-18(12-13)10-4-8-17-15(19)14-6-2-7-16-11-14/h2,6-7,11,13H,3-5,8-10,12H2,1H3,(H,17,19)/t13-/m1/s1. The van der Waals surface area contributed by atoms with Gasteiger partial charge in [0.2, 0.25) is 0 Å².